The second kappa shape index (κ2) is 10.6. The first-order valence-corrected chi connectivity index (χ1v) is 13.4. The number of carbonyl (C=O) groups excluding carboxylic acids is 3. The van der Waals surface area contributed by atoms with E-state index in [4.69, 9.17) is 5.73 Å². The minimum absolute atomic E-state index is 0.0221. The molecule has 0 radical (unpaired) electrons. The van der Waals surface area contributed by atoms with E-state index in [0.717, 1.165) is 32.2 Å². The molecule has 3 fully saturated rings. The zero-order valence-corrected chi connectivity index (χ0v) is 21.4. The molecule has 192 valence electrons. The molecule has 7 nitrogen and oxygen atoms in total. The lowest BCUT2D eigenvalue weighted by Gasteiger charge is -2.50. The van der Waals surface area contributed by atoms with Crippen LogP contribution in [0.1, 0.15) is 77.2 Å². The van der Waals surface area contributed by atoms with Crippen LogP contribution in [0.2, 0.25) is 0 Å². The first-order chi connectivity index (χ1) is 16.8. The molecule has 1 atom stereocenters. The van der Waals surface area contributed by atoms with Crippen LogP contribution in [-0.2, 0) is 15.0 Å². The first kappa shape index (κ1) is 25.5. The molecule has 1 aromatic rings. The van der Waals surface area contributed by atoms with Crippen molar-refractivity contribution in [2.24, 2.45) is 17.6 Å². The molecule has 1 aromatic carbocycles. The van der Waals surface area contributed by atoms with Gasteiger partial charge < -0.3 is 20.9 Å². The van der Waals surface area contributed by atoms with Crippen LogP contribution in [0.3, 0.4) is 0 Å². The first-order valence-electron chi connectivity index (χ1n) is 13.4. The third kappa shape index (κ3) is 5.49. The number of carbonyl (C=O) groups is 3. The molecule has 2 saturated carbocycles. The minimum Gasteiger partial charge on any atom is -0.368 e. The Morgan fingerprint density at radius 3 is 2.40 bits per heavy atom. The van der Waals surface area contributed by atoms with Gasteiger partial charge in [-0.1, -0.05) is 57.0 Å². The molecule has 1 spiro atoms. The fourth-order valence-electron chi connectivity index (χ4n) is 6.46. The summed E-state index contributed by atoms with van der Waals surface area (Å²) in [7, 11) is 0. The molecular formula is C28H42N4O3. The number of urea groups is 1. The van der Waals surface area contributed by atoms with Crippen molar-refractivity contribution in [3.63, 3.8) is 0 Å². The predicted octanol–water partition coefficient (Wildman–Crippen LogP) is 3.81. The van der Waals surface area contributed by atoms with E-state index in [-0.39, 0.29) is 36.0 Å². The molecule has 1 saturated heterocycles. The van der Waals surface area contributed by atoms with Crippen LogP contribution in [0.5, 0.6) is 0 Å². The van der Waals surface area contributed by atoms with E-state index in [1.165, 1.54) is 37.7 Å². The van der Waals surface area contributed by atoms with Gasteiger partial charge in [0.15, 0.2) is 0 Å². The average molecular weight is 483 g/mol. The van der Waals surface area contributed by atoms with E-state index in [0.29, 0.717) is 18.4 Å². The van der Waals surface area contributed by atoms with Gasteiger partial charge in [0.1, 0.15) is 6.54 Å². The summed E-state index contributed by atoms with van der Waals surface area (Å²) in [5.74, 6) is 0.301. The molecule has 4 rings (SSSR count). The minimum atomic E-state index is -0.583. The lowest BCUT2D eigenvalue weighted by atomic mass is 9.60. The van der Waals surface area contributed by atoms with Crippen LogP contribution in [0.15, 0.2) is 30.3 Å². The Balaban J connectivity index is 1.54. The second-order valence-electron chi connectivity index (χ2n) is 11.4. The fraction of sp³-hybridized carbons (Fsp3) is 0.679. The lowest BCUT2D eigenvalue weighted by Crippen LogP contribution is -2.54. The highest BCUT2D eigenvalue weighted by atomic mass is 16.2. The summed E-state index contributed by atoms with van der Waals surface area (Å²) < 4.78 is 0. The van der Waals surface area contributed by atoms with E-state index < -0.39 is 5.91 Å². The number of hydrogen-bond acceptors (Lipinski definition) is 3. The number of rotatable bonds is 10. The quantitative estimate of drug-likeness (QED) is 0.531. The smallest absolute Gasteiger partial charge is 0.321 e. The van der Waals surface area contributed by atoms with Crippen molar-refractivity contribution >= 4 is 17.8 Å². The van der Waals surface area contributed by atoms with Gasteiger partial charge in [0.2, 0.25) is 11.8 Å². The van der Waals surface area contributed by atoms with Gasteiger partial charge in [-0.15, -0.1) is 0 Å². The Morgan fingerprint density at radius 2 is 1.83 bits per heavy atom. The third-order valence-corrected chi connectivity index (χ3v) is 8.98. The van der Waals surface area contributed by atoms with Crippen molar-refractivity contribution in [3.8, 4) is 0 Å². The van der Waals surface area contributed by atoms with Crippen molar-refractivity contribution in [1.29, 1.82) is 0 Å². The summed E-state index contributed by atoms with van der Waals surface area (Å²) in [4.78, 5) is 40.9. The monoisotopic (exact) mass is 482 g/mol. The number of primary amides is 1. The Hall–Kier alpha value is -2.57. The van der Waals surface area contributed by atoms with Gasteiger partial charge in [0, 0.05) is 13.1 Å². The second-order valence-corrected chi connectivity index (χ2v) is 11.4. The molecule has 0 aromatic heterocycles. The van der Waals surface area contributed by atoms with Gasteiger partial charge in [-0.25, -0.2) is 4.79 Å². The molecule has 1 heterocycles. The summed E-state index contributed by atoms with van der Waals surface area (Å²) in [5, 5.41) is 2.54. The Bertz CT molecular complexity index is 906. The lowest BCUT2D eigenvalue weighted by molar-refractivity contribution is -0.125. The van der Waals surface area contributed by atoms with Crippen LogP contribution >= 0.6 is 0 Å². The van der Waals surface area contributed by atoms with Crippen molar-refractivity contribution in [3.05, 3.63) is 35.9 Å². The standard InChI is InChI=1S/C28H42N4O3/c1-3-21(2)16-27(23-10-5-4-6-11-23)12-14-28(15-13-27)20-31(19-25(34)30-17-24(29)33)26(35)32(28)18-22-8-7-9-22/h4-6,10-11,21-22H,3,7-9,12-20H2,1-2H3,(H2,29,33)(H,30,34)/t21?,27-,28-. The molecule has 2 aliphatic carbocycles. The van der Waals surface area contributed by atoms with E-state index >= 15 is 0 Å². The zero-order valence-electron chi connectivity index (χ0n) is 21.4. The van der Waals surface area contributed by atoms with E-state index in [1.54, 1.807) is 4.90 Å². The van der Waals surface area contributed by atoms with E-state index in [2.05, 4.69) is 54.4 Å². The number of nitrogens with two attached hydrogens (primary N) is 1. The topological polar surface area (TPSA) is 95.7 Å². The van der Waals surface area contributed by atoms with Crippen LogP contribution in [0.4, 0.5) is 4.79 Å². The zero-order chi connectivity index (χ0) is 25.1. The molecule has 1 aliphatic heterocycles. The average Bonchev–Trinajstić information content (AvgIpc) is 3.07. The highest BCUT2D eigenvalue weighted by Gasteiger charge is 2.54. The predicted molar refractivity (Wildman–Crippen MR) is 137 cm³/mol. The molecule has 0 bridgehead atoms. The van der Waals surface area contributed by atoms with Crippen LogP contribution in [0.25, 0.3) is 0 Å². The van der Waals surface area contributed by atoms with Gasteiger partial charge in [0.05, 0.1) is 12.1 Å². The summed E-state index contributed by atoms with van der Waals surface area (Å²) in [6.45, 7) is 5.77. The SMILES string of the molecule is CCC(C)C[C@]1(c2ccccc2)CC[C@]2(CC1)CN(CC(=O)NCC(N)=O)C(=O)N2CC1CCC1. The maximum atomic E-state index is 13.6. The highest BCUT2D eigenvalue weighted by Crippen LogP contribution is 2.51. The molecule has 35 heavy (non-hydrogen) atoms. The summed E-state index contributed by atoms with van der Waals surface area (Å²) in [6.07, 6.45) is 9.95. The molecule has 3 aliphatic rings. The number of benzene rings is 1. The van der Waals surface area contributed by atoms with Gasteiger partial charge in [0.25, 0.3) is 0 Å². The molecular weight excluding hydrogens is 440 g/mol. The Morgan fingerprint density at radius 1 is 1.14 bits per heavy atom. The number of nitrogens with zero attached hydrogens (tertiary/aromatic N) is 2. The van der Waals surface area contributed by atoms with Crippen LogP contribution in [-0.4, -0.2) is 59.4 Å². The number of hydrogen-bond donors (Lipinski definition) is 2. The van der Waals surface area contributed by atoms with Crippen molar-refractivity contribution in [2.45, 2.75) is 82.6 Å². The fourth-order valence-corrected chi connectivity index (χ4v) is 6.46. The summed E-state index contributed by atoms with van der Waals surface area (Å²) in [6, 6.07) is 10.9. The number of nitrogens with one attached hydrogen (secondary N) is 1. The maximum absolute atomic E-state index is 13.6. The van der Waals surface area contributed by atoms with Crippen molar-refractivity contribution < 1.29 is 14.4 Å². The summed E-state index contributed by atoms with van der Waals surface area (Å²) >= 11 is 0. The molecule has 4 amide bonds. The van der Waals surface area contributed by atoms with Gasteiger partial charge in [-0.3, -0.25) is 9.59 Å². The summed E-state index contributed by atoms with van der Waals surface area (Å²) in [5.41, 5.74) is 6.51. The third-order valence-electron chi connectivity index (χ3n) is 8.98. The normalized spacial score (nSPS) is 27.7. The Labute approximate surface area is 209 Å². The molecule has 3 N–H and O–H groups in total. The van der Waals surface area contributed by atoms with Crippen molar-refractivity contribution in [1.82, 2.24) is 15.1 Å². The van der Waals surface area contributed by atoms with Gasteiger partial charge in [-0.05, 0) is 67.8 Å². The molecule has 7 heteroatoms. The Kier molecular flexibility index (Phi) is 7.72. The van der Waals surface area contributed by atoms with Crippen LogP contribution < -0.4 is 11.1 Å². The largest absolute Gasteiger partial charge is 0.368 e. The van der Waals surface area contributed by atoms with Crippen LogP contribution in [0, 0.1) is 11.8 Å². The molecule has 1 unspecified atom stereocenters. The van der Waals surface area contributed by atoms with E-state index in [1.807, 2.05) is 0 Å². The maximum Gasteiger partial charge on any atom is 0.321 e. The van der Waals surface area contributed by atoms with Crippen molar-refractivity contribution in [2.75, 3.05) is 26.2 Å². The number of amides is 4. The van der Waals surface area contributed by atoms with Gasteiger partial charge in [-0.2, -0.15) is 0 Å². The highest BCUT2D eigenvalue weighted by molar-refractivity contribution is 5.88. The van der Waals surface area contributed by atoms with Gasteiger partial charge >= 0.3 is 6.03 Å². The van der Waals surface area contributed by atoms with E-state index in [9.17, 15) is 14.4 Å².